The summed E-state index contributed by atoms with van der Waals surface area (Å²) in [6.07, 6.45) is 5.25. The van der Waals surface area contributed by atoms with Crippen molar-refractivity contribution in [2.45, 2.75) is 31.8 Å². The first-order valence-corrected chi connectivity index (χ1v) is 8.67. The number of amides is 1. The predicted molar refractivity (Wildman–Crippen MR) is 95.0 cm³/mol. The number of likely N-dealkylation sites (N-methyl/N-ethyl adjacent to an activating group) is 1. The molecule has 0 saturated carbocycles. The lowest BCUT2D eigenvalue weighted by Gasteiger charge is -2.40. The predicted octanol–water partition coefficient (Wildman–Crippen LogP) is 2.49. The molecule has 1 aliphatic heterocycles. The van der Waals surface area contributed by atoms with Crippen molar-refractivity contribution in [2.75, 3.05) is 19.6 Å². The highest BCUT2D eigenvalue weighted by molar-refractivity contribution is 7.09. The Morgan fingerprint density at radius 3 is 2.78 bits per heavy atom. The second-order valence-electron chi connectivity index (χ2n) is 5.63. The standard InChI is InChI=1S/C16H22N4OS.ClH/c1-2-19(13-14-5-3-12-22-14)15(21)16(6-9-17-10-7-16)20-11-4-8-18-20;/h3-5,8,11-12,17H,2,6-7,9-10,13H2,1H3;1H. The number of aromatic nitrogens is 2. The van der Waals surface area contributed by atoms with Crippen LogP contribution in [0.3, 0.4) is 0 Å². The van der Waals surface area contributed by atoms with Gasteiger partial charge in [-0.3, -0.25) is 9.48 Å². The summed E-state index contributed by atoms with van der Waals surface area (Å²) in [7, 11) is 0. The Labute approximate surface area is 147 Å². The summed E-state index contributed by atoms with van der Waals surface area (Å²) < 4.78 is 1.87. The van der Waals surface area contributed by atoms with E-state index < -0.39 is 5.54 Å². The summed E-state index contributed by atoms with van der Waals surface area (Å²) >= 11 is 1.70. The van der Waals surface area contributed by atoms with Crippen LogP contribution in [0, 0.1) is 0 Å². The number of nitrogens with one attached hydrogen (secondary N) is 1. The van der Waals surface area contributed by atoms with Crippen LogP contribution in [-0.2, 0) is 16.9 Å². The molecule has 0 radical (unpaired) electrons. The van der Waals surface area contributed by atoms with Gasteiger partial charge in [0.05, 0.1) is 6.54 Å². The van der Waals surface area contributed by atoms with Crippen LogP contribution in [0.4, 0.5) is 0 Å². The molecule has 23 heavy (non-hydrogen) atoms. The van der Waals surface area contributed by atoms with Crippen molar-refractivity contribution < 1.29 is 4.79 Å². The van der Waals surface area contributed by atoms with Gasteiger partial charge in [-0.1, -0.05) is 6.07 Å². The molecule has 1 fully saturated rings. The van der Waals surface area contributed by atoms with Gasteiger partial charge >= 0.3 is 0 Å². The van der Waals surface area contributed by atoms with E-state index in [1.807, 2.05) is 34.8 Å². The molecular formula is C16H23ClN4OS. The molecule has 126 valence electrons. The summed E-state index contributed by atoms with van der Waals surface area (Å²) in [5, 5.41) is 9.80. The van der Waals surface area contributed by atoms with Gasteiger partial charge in [0.2, 0.25) is 0 Å². The largest absolute Gasteiger partial charge is 0.336 e. The van der Waals surface area contributed by atoms with E-state index in [9.17, 15) is 4.79 Å². The Bertz CT molecular complexity index is 594. The van der Waals surface area contributed by atoms with Gasteiger partial charge in [0.15, 0.2) is 0 Å². The van der Waals surface area contributed by atoms with Crippen LogP contribution in [0.5, 0.6) is 0 Å². The van der Waals surface area contributed by atoms with Crippen LogP contribution < -0.4 is 5.32 Å². The highest BCUT2D eigenvalue weighted by atomic mass is 35.5. The van der Waals surface area contributed by atoms with Crippen LogP contribution >= 0.6 is 23.7 Å². The quantitative estimate of drug-likeness (QED) is 0.897. The van der Waals surface area contributed by atoms with Gasteiger partial charge in [-0.05, 0) is 50.4 Å². The van der Waals surface area contributed by atoms with Gasteiger partial charge in [-0.25, -0.2) is 0 Å². The maximum absolute atomic E-state index is 13.3. The van der Waals surface area contributed by atoms with E-state index in [2.05, 4.69) is 21.9 Å². The van der Waals surface area contributed by atoms with Gasteiger partial charge < -0.3 is 10.2 Å². The normalized spacial score (nSPS) is 16.6. The smallest absolute Gasteiger partial charge is 0.250 e. The summed E-state index contributed by atoms with van der Waals surface area (Å²) in [5.74, 6) is 0.189. The molecule has 0 atom stereocenters. The van der Waals surface area contributed by atoms with Crippen LogP contribution in [0.2, 0.25) is 0 Å². The minimum atomic E-state index is -0.540. The SMILES string of the molecule is CCN(Cc1cccs1)C(=O)C1(n2cccn2)CCNCC1.Cl. The van der Waals surface area contributed by atoms with Gasteiger partial charge in [0, 0.05) is 23.8 Å². The lowest BCUT2D eigenvalue weighted by molar-refractivity contribution is -0.143. The number of thiophene rings is 1. The summed E-state index contributed by atoms with van der Waals surface area (Å²) in [6, 6.07) is 6.02. The maximum atomic E-state index is 13.3. The molecule has 0 unspecified atom stereocenters. The monoisotopic (exact) mass is 354 g/mol. The molecule has 5 nitrogen and oxygen atoms in total. The molecule has 0 spiro atoms. The fourth-order valence-electron chi connectivity index (χ4n) is 3.12. The molecule has 2 aromatic heterocycles. The van der Waals surface area contributed by atoms with Crippen LogP contribution in [-0.4, -0.2) is 40.2 Å². The van der Waals surface area contributed by atoms with E-state index in [1.54, 1.807) is 17.5 Å². The van der Waals surface area contributed by atoms with Crippen molar-refractivity contribution in [3.05, 3.63) is 40.8 Å². The highest BCUT2D eigenvalue weighted by Crippen LogP contribution is 2.30. The van der Waals surface area contributed by atoms with Crippen LogP contribution in [0.25, 0.3) is 0 Å². The zero-order valence-electron chi connectivity index (χ0n) is 13.3. The minimum absolute atomic E-state index is 0. The lowest BCUT2D eigenvalue weighted by Crippen LogP contribution is -2.55. The number of hydrogen-bond donors (Lipinski definition) is 1. The van der Waals surface area contributed by atoms with Crippen LogP contribution in [0.1, 0.15) is 24.6 Å². The van der Waals surface area contributed by atoms with Crippen molar-refractivity contribution in [3.63, 3.8) is 0 Å². The van der Waals surface area contributed by atoms with E-state index in [0.29, 0.717) is 13.1 Å². The van der Waals surface area contributed by atoms with E-state index in [-0.39, 0.29) is 18.3 Å². The Kier molecular flexibility index (Phi) is 6.21. The molecule has 7 heteroatoms. The highest BCUT2D eigenvalue weighted by Gasteiger charge is 2.44. The van der Waals surface area contributed by atoms with Gasteiger partial charge in [-0.15, -0.1) is 23.7 Å². The summed E-state index contributed by atoms with van der Waals surface area (Å²) in [6.45, 7) is 5.14. The molecule has 3 heterocycles. The van der Waals surface area contributed by atoms with Gasteiger partial charge in [0.25, 0.3) is 5.91 Å². The van der Waals surface area contributed by atoms with Crippen molar-refractivity contribution in [3.8, 4) is 0 Å². The number of rotatable bonds is 5. The number of hydrogen-bond acceptors (Lipinski definition) is 4. The molecule has 2 aromatic rings. The Morgan fingerprint density at radius 1 is 1.43 bits per heavy atom. The molecule has 1 N–H and O–H groups in total. The van der Waals surface area contributed by atoms with E-state index in [4.69, 9.17) is 0 Å². The molecule has 1 aliphatic rings. The Hall–Kier alpha value is -1.37. The van der Waals surface area contributed by atoms with Gasteiger partial charge in [0.1, 0.15) is 5.54 Å². The average Bonchev–Trinajstić information content (AvgIpc) is 3.26. The molecule has 1 saturated heterocycles. The third-order valence-electron chi connectivity index (χ3n) is 4.37. The van der Waals surface area contributed by atoms with Crippen molar-refractivity contribution in [1.82, 2.24) is 20.0 Å². The number of carbonyl (C=O) groups is 1. The second kappa shape index (κ2) is 7.95. The minimum Gasteiger partial charge on any atom is -0.336 e. The Morgan fingerprint density at radius 2 is 2.22 bits per heavy atom. The molecule has 0 bridgehead atoms. The third-order valence-corrected chi connectivity index (χ3v) is 5.23. The molecular weight excluding hydrogens is 332 g/mol. The molecule has 0 aromatic carbocycles. The third kappa shape index (κ3) is 3.59. The first-order valence-electron chi connectivity index (χ1n) is 7.79. The first-order chi connectivity index (χ1) is 10.8. The number of halogens is 1. The zero-order valence-corrected chi connectivity index (χ0v) is 14.9. The molecule has 3 rings (SSSR count). The Balaban J connectivity index is 0.00000192. The fraction of sp³-hybridized carbons (Fsp3) is 0.500. The summed E-state index contributed by atoms with van der Waals surface area (Å²) in [5.41, 5.74) is -0.540. The second-order valence-corrected chi connectivity index (χ2v) is 6.66. The molecule has 0 aliphatic carbocycles. The lowest BCUT2D eigenvalue weighted by atomic mass is 9.86. The molecule has 1 amide bonds. The van der Waals surface area contributed by atoms with E-state index in [0.717, 1.165) is 25.9 Å². The number of nitrogens with zero attached hydrogens (tertiary/aromatic N) is 3. The van der Waals surface area contributed by atoms with Crippen molar-refractivity contribution >= 4 is 29.7 Å². The number of piperidine rings is 1. The topological polar surface area (TPSA) is 50.2 Å². The summed E-state index contributed by atoms with van der Waals surface area (Å²) in [4.78, 5) is 16.5. The first kappa shape index (κ1) is 18.0. The zero-order chi connectivity index (χ0) is 15.4. The van der Waals surface area contributed by atoms with Gasteiger partial charge in [-0.2, -0.15) is 5.10 Å². The van der Waals surface area contributed by atoms with Crippen LogP contribution in [0.15, 0.2) is 36.0 Å². The van der Waals surface area contributed by atoms with E-state index in [1.165, 1.54) is 4.88 Å². The maximum Gasteiger partial charge on any atom is 0.250 e. The number of carbonyl (C=O) groups excluding carboxylic acids is 1. The fourth-order valence-corrected chi connectivity index (χ4v) is 3.83. The van der Waals surface area contributed by atoms with Crippen molar-refractivity contribution in [2.24, 2.45) is 0 Å². The average molecular weight is 355 g/mol. The van der Waals surface area contributed by atoms with E-state index >= 15 is 0 Å². The van der Waals surface area contributed by atoms with Crippen molar-refractivity contribution in [1.29, 1.82) is 0 Å².